The molecule has 1 aromatic carbocycles. The molecule has 7 heteroatoms. The summed E-state index contributed by atoms with van der Waals surface area (Å²) in [5, 5.41) is 9.28. The molecule has 0 radical (unpaired) electrons. The van der Waals surface area contributed by atoms with Crippen molar-refractivity contribution >= 4 is 16.0 Å². The highest BCUT2D eigenvalue weighted by atomic mass is 32.2. The van der Waals surface area contributed by atoms with Gasteiger partial charge in [0.2, 0.25) is 10.0 Å². The summed E-state index contributed by atoms with van der Waals surface area (Å²) < 4.78 is 31.4. The predicted octanol–water partition coefficient (Wildman–Crippen LogP) is 1.57. The second kappa shape index (κ2) is 5.65. The summed E-state index contributed by atoms with van der Waals surface area (Å²) in [7, 11) is -2.17. The molecule has 6 nitrogen and oxygen atoms in total. The monoisotopic (exact) mass is 313 g/mol. The van der Waals surface area contributed by atoms with Crippen molar-refractivity contribution < 1.29 is 23.1 Å². The quantitative estimate of drug-likeness (QED) is 0.912. The molecule has 1 aliphatic rings. The molecule has 2 rings (SSSR count). The van der Waals surface area contributed by atoms with Crippen LogP contribution in [0, 0.1) is 5.41 Å². The zero-order valence-electron chi connectivity index (χ0n) is 12.1. The van der Waals surface area contributed by atoms with Gasteiger partial charge in [0.25, 0.3) is 0 Å². The minimum absolute atomic E-state index is 0.00328. The fourth-order valence-corrected chi connectivity index (χ4v) is 4.07. The fraction of sp³-hybridized carbons (Fsp3) is 0.500. The lowest BCUT2D eigenvalue weighted by Gasteiger charge is -2.36. The first-order valence-electron chi connectivity index (χ1n) is 6.67. The number of piperidine rings is 1. The van der Waals surface area contributed by atoms with Gasteiger partial charge in [0.1, 0.15) is 5.75 Å². The van der Waals surface area contributed by atoms with Crippen molar-refractivity contribution in [3.63, 3.8) is 0 Å². The van der Waals surface area contributed by atoms with Crippen LogP contribution in [0.15, 0.2) is 29.2 Å². The van der Waals surface area contributed by atoms with Gasteiger partial charge in [0.15, 0.2) is 0 Å². The Morgan fingerprint density at radius 1 is 1.33 bits per heavy atom. The van der Waals surface area contributed by atoms with Gasteiger partial charge in [-0.05, 0) is 44.0 Å². The summed E-state index contributed by atoms with van der Waals surface area (Å²) in [6.07, 6.45) is 1.02. The van der Waals surface area contributed by atoms with Crippen LogP contribution in [0.3, 0.4) is 0 Å². The van der Waals surface area contributed by atoms with Crippen LogP contribution in [0.1, 0.15) is 19.8 Å². The van der Waals surface area contributed by atoms with E-state index in [0.29, 0.717) is 25.1 Å². The third-order valence-corrected chi connectivity index (χ3v) is 5.73. The Bertz CT molecular complexity index is 625. The second-order valence-corrected chi connectivity index (χ2v) is 7.42. The molecule has 0 bridgehead atoms. The molecule has 21 heavy (non-hydrogen) atoms. The Morgan fingerprint density at radius 3 is 2.48 bits per heavy atom. The Kier molecular flexibility index (Phi) is 4.25. The SMILES string of the molecule is COc1ccc(S(=O)(=O)N2CCCC(C)(C(=O)O)C2)cc1. The van der Waals surface area contributed by atoms with Crippen molar-refractivity contribution in [1.29, 1.82) is 0 Å². The smallest absolute Gasteiger partial charge is 0.310 e. The Balaban J connectivity index is 2.28. The standard InChI is InChI=1S/C14H19NO5S/c1-14(13(16)17)8-3-9-15(10-14)21(18,19)12-6-4-11(20-2)5-7-12/h4-7H,3,8-10H2,1-2H3,(H,16,17). The van der Waals surface area contributed by atoms with Gasteiger partial charge >= 0.3 is 5.97 Å². The number of hydrogen-bond donors (Lipinski definition) is 1. The molecule has 1 atom stereocenters. The number of sulfonamides is 1. The van der Waals surface area contributed by atoms with Crippen LogP contribution in [0.4, 0.5) is 0 Å². The maximum Gasteiger partial charge on any atom is 0.310 e. The first-order chi connectivity index (χ1) is 9.79. The zero-order chi connectivity index (χ0) is 15.7. The average molecular weight is 313 g/mol. The summed E-state index contributed by atoms with van der Waals surface area (Å²) in [6, 6.07) is 6.10. The number of carbonyl (C=O) groups is 1. The lowest BCUT2D eigenvalue weighted by atomic mass is 9.83. The van der Waals surface area contributed by atoms with Crippen molar-refractivity contribution in [2.75, 3.05) is 20.2 Å². The van der Waals surface area contributed by atoms with Crippen molar-refractivity contribution in [3.8, 4) is 5.75 Å². The Morgan fingerprint density at radius 2 is 1.95 bits per heavy atom. The van der Waals surface area contributed by atoms with E-state index in [1.165, 1.54) is 23.5 Å². The number of aliphatic carboxylic acids is 1. The molecule has 0 saturated carbocycles. The predicted molar refractivity (Wildman–Crippen MR) is 76.7 cm³/mol. The summed E-state index contributed by atoms with van der Waals surface area (Å²) in [4.78, 5) is 11.5. The van der Waals surface area contributed by atoms with Gasteiger partial charge in [0.05, 0.1) is 17.4 Å². The number of methoxy groups -OCH3 is 1. The van der Waals surface area contributed by atoms with E-state index in [9.17, 15) is 18.3 Å². The highest BCUT2D eigenvalue weighted by Crippen LogP contribution is 2.33. The number of rotatable bonds is 4. The van der Waals surface area contributed by atoms with Crippen molar-refractivity contribution in [2.45, 2.75) is 24.7 Å². The first-order valence-corrected chi connectivity index (χ1v) is 8.11. The third-order valence-electron chi connectivity index (χ3n) is 3.87. The third kappa shape index (κ3) is 3.03. The van der Waals surface area contributed by atoms with Gasteiger partial charge in [0, 0.05) is 13.1 Å². The average Bonchev–Trinajstić information content (AvgIpc) is 2.47. The van der Waals surface area contributed by atoms with Gasteiger partial charge < -0.3 is 9.84 Å². The van der Waals surface area contributed by atoms with Gasteiger partial charge in [-0.1, -0.05) is 0 Å². The van der Waals surface area contributed by atoms with Crippen LogP contribution < -0.4 is 4.74 Å². The molecule has 0 amide bonds. The summed E-state index contributed by atoms with van der Waals surface area (Å²) >= 11 is 0. The maximum atomic E-state index is 12.6. The zero-order valence-corrected chi connectivity index (χ0v) is 12.9. The lowest BCUT2D eigenvalue weighted by Crippen LogP contribution is -2.48. The topological polar surface area (TPSA) is 83.9 Å². The minimum Gasteiger partial charge on any atom is -0.497 e. The normalized spacial score (nSPS) is 23.7. The van der Waals surface area contributed by atoms with Gasteiger partial charge in [-0.2, -0.15) is 4.31 Å². The number of ether oxygens (including phenoxy) is 1. The van der Waals surface area contributed by atoms with E-state index >= 15 is 0 Å². The molecule has 0 aliphatic carbocycles. The van der Waals surface area contributed by atoms with Crippen LogP contribution in [0.25, 0.3) is 0 Å². The van der Waals surface area contributed by atoms with Crippen LogP contribution >= 0.6 is 0 Å². The molecular weight excluding hydrogens is 294 g/mol. The molecule has 1 saturated heterocycles. The van der Waals surface area contributed by atoms with E-state index < -0.39 is 21.4 Å². The van der Waals surface area contributed by atoms with Crippen LogP contribution in [-0.4, -0.2) is 44.0 Å². The van der Waals surface area contributed by atoms with E-state index in [0.717, 1.165) is 0 Å². The highest BCUT2D eigenvalue weighted by molar-refractivity contribution is 7.89. The van der Waals surface area contributed by atoms with E-state index in [2.05, 4.69) is 0 Å². The molecule has 1 aromatic rings. The van der Waals surface area contributed by atoms with Crippen molar-refractivity contribution in [2.24, 2.45) is 5.41 Å². The van der Waals surface area contributed by atoms with Gasteiger partial charge in [-0.3, -0.25) is 4.79 Å². The van der Waals surface area contributed by atoms with E-state index in [4.69, 9.17) is 4.74 Å². The van der Waals surface area contributed by atoms with E-state index in [1.54, 1.807) is 19.1 Å². The van der Waals surface area contributed by atoms with Crippen LogP contribution in [0.5, 0.6) is 5.75 Å². The molecule has 1 fully saturated rings. The largest absolute Gasteiger partial charge is 0.497 e. The van der Waals surface area contributed by atoms with Crippen LogP contribution in [0.2, 0.25) is 0 Å². The summed E-state index contributed by atoms with van der Waals surface area (Å²) in [6.45, 7) is 1.93. The molecule has 0 spiro atoms. The second-order valence-electron chi connectivity index (χ2n) is 5.48. The lowest BCUT2D eigenvalue weighted by molar-refractivity contribution is -0.150. The fourth-order valence-electron chi connectivity index (χ4n) is 2.47. The summed E-state index contributed by atoms with van der Waals surface area (Å²) in [5.74, 6) is -0.389. The van der Waals surface area contributed by atoms with Crippen molar-refractivity contribution in [1.82, 2.24) is 4.31 Å². The molecular formula is C14H19NO5S. The highest BCUT2D eigenvalue weighted by Gasteiger charge is 2.41. The van der Waals surface area contributed by atoms with E-state index in [1.807, 2.05) is 0 Å². The minimum atomic E-state index is -3.68. The molecule has 0 aromatic heterocycles. The van der Waals surface area contributed by atoms with Crippen LogP contribution in [-0.2, 0) is 14.8 Å². The molecule has 1 unspecified atom stereocenters. The Labute approximate surface area is 124 Å². The number of hydrogen-bond acceptors (Lipinski definition) is 4. The van der Waals surface area contributed by atoms with Gasteiger partial charge in [-0.15, -0.1) is 0 Å². The van der Waals surface area contributed by atoms with Gasteiger partial charge in [-0.25, -0.2) is 8.42 Å². The number of carboxylic acids is 1. The number of carboxylic acid groups (broad SMARTS) is 1. The number of nitrogens with zero attached hydrogens (tertiary/aromatic N) is 1. The number of benzene rings is 1. The molecule has 1 N–H and O–H groups in total. The Hall–Kier alpha value is -1.60. The molecule has 1 aliphatic heterocycles. The van der Waals surface area contributed by atoms with Crippen molar-refractivity contribution in [3.05, 3.63) is 24.3 Å². The molecule has 116 valence electrons. The first kappa shape index (κ1) is 15.8. The maximum absolute atomic E-state index is 12.6. The molecule has 1 heterocycles. The summed E-state index contributed by atoms with van der Waals surface area (Å²) in [5.41, 5.74) is -1.03. The van der Waals surface area contributed by atoms with E-state index in [-0.39, 0.29) is 11.4 Å².